The van der Waals surface area contributed by atoms with Crippen molar-refractivity contribution >= 4 is 0 Å². The Hall–Kier alpha value is -0.160. The molecule has 10 heavy (non-hydrogen) atoms. The molecular formula is C6H14O4. The number of rotatable bonds is 3. The van der Waals surface area contributed by atoms with E-state index in [1.807, 2.05) is 0 Å². The van der Waals surface area contributed by atoms with Gasteiger partial charge in [0.05, 0.1) is 5.92 Å². The van der Waals surface area contributed by atoms with Gasteiger partial charge >= 0.3 is 0 Å². The van der Waals surface area contributed by atoms with Crippen molar-refractivity contribution in [2.24, 2.45) is 5.92 Å². The molecule has 4 nitrogen and oxygen atoms in total. The molecular weight excluding hydrogens is 136 g/mol. The van der Waals surface area contributed by atoms with Gasteiger partial charge in [-0.1, -0.05) is 13.8 Å². The lowest BCUT2D eigenvalue weighted by molar-refractivity contribution is -0.248. The molecule has 1 atom stereocenters. The Morgan fingerprint density at radius 3 is 1.80 bits per heavy atom. The van der Waals surface area contributed by atoms with Crippen LogP contribution in [0.5, 0.6) is 0 Å². The lowest BCUT2D eigenvalue weighted by Gasteiger charge is -2.28. The molecule has 0 aliphatic carbocycles. The van der Waals surface area contributed by atoms with Gasteiger partial charge in [0.15, 0.2) is 12.1 Å². The Kier molecular flexibility index (Phi) is 3.24. The van der Waals surface area contributed by atoms with Crippen LogP contribution in [0, 0.1) is 5.92 Å². The van der Waals surface area contributed by atoms with E-state index in [0.29, 0.717) is 0 Å². The van der Waals surface area contributed by atoms with Crippen LogP contribution >= 0.6 is 0 Å². The van der Waals surface area contributed by atoms with Crippen LogP contribution in [0.1, 0.15) is 20.3 Å². The van der Waals surface area contributed by atoms with E-state index in [1.165, 1.54) is 6.92 Å². The van der Waals surface area contributed by atoms with Crippen LogP contribution in [-0.4, -0.2) is 32.5 Å². The third-order valence-electron chi connectivity index (χ3n) is 1.70. The van der Waals surface area contributed by atoms with Crippen molar-refractivity contribution < 1.29 is 20.4 Å². The van der Waals surface area contributed by atoms with Crippen molar-refractivity contribution in [3.63, 3.8) is 0 Å². The van der Waals surface area contributed by atoms with Crippen molar-refractivity contribution in [1.82, 2.24) is 0 Å². The Labute approximate surface area is 59.7 Å². The minimum Gasteiger partial charge on any atom is -0.368 e. The smallest absolute Gasteiger partial charge is 0.169 e. The summed E-state index contributed by atoms with van der Waals surface area (Å²) in [6, 6.07) is 0. The van der Waals surface area contributed by atoms with Crippen LogP contribution in [0.15, 0.2) is 0 Å². The predicted octanol–water partition coefficient (Wildman–Crippen LogP) is -0.976. The van der Waals surface area contributed by atoms with Crippen molar-refractivity contribution in [3.05, 3.63) is 0 Å². The van der Waals surface area contributed by atoms with Crippen LogP contribution in [0.25, 0.3) is 0 Å². The summed E-state index contributed by atoms with van der Waals surface area (Å²) >= 11 is 0. The van der Waals surface area contributed by atoms with Gasteiger partial charge in [-0.2, -0.15) is 0 Å². The van der Waals surface area contributed by atoms with Gasteiger partial charge in [-0.05, 0) is 6.42 Å². The molecule has 0 heterocycles. The predicted molar refractivity (Wildman–Crippen MR) is 34.8 cm³/mol. The summed E-state index contributed by atoms with van der Waals surface area (Å²) in [5.41, 5.74) is 0. The molecule has 0 fully saturated rings. The fraction of sp³-hybridized carbons (Fsp3) is 1.00. The summed E-state index contributed by atoms with van der Waals surface area (Å²) in [6.45, 7) is 2.91. The van der Waals surface area contributed by atoms with E-state index < -0.39 is 18.0 Å². The van der Waals surface area contributed by atoms with Crippen LogP contribution < -0.4 is 0 Å². The summed E-state index contributed by atoms with van der Waals surface area (Å²) in [5.74, 6) is -2.92. The maximum Gasteiger partial charge on any atom is 0.169 e. The molecule has 4 N–H and O–H groups in total. The third-order valence-corrected chi connectivity index (χ3v) is 1.70. The van der Waals surface area contributed by atoms with Gasteiger partial charge in [-0.25, -0.2) is 0 Å². The standard InChI is InChI=1S/C6H14O4/c1-3-6(9,10)4(2)5(7)8/h4-5,7-10H,3H2,1-2H3. The molecule has 0 amide bonds. The minimum atomic E-state index is -1.98. The molecule has 0 rings (SSSR count). The highest BCUT2D eigenvalue weighted by Crippen LogP contribution is 2.19. The second kappa shape index (κ2) is 3.30. The van der Waals surface area contributed by atoms with E-state index in [-0.39, 0.29) is 6.42 Å². The lowest BCUT2D eigenvalue weighted by Crippen LogP contribution is -2.41. The average Bonchev–Trinajstić information content (AvgIpc) is 1.86. The average molecular weight is 150 g/mol. The summed E-state index contributed by atoms with van der Waals surface area (Å²) in [5, 5.41) is 35.0. The molecule has 0 aliphatic heterocycles. The monoisotopic (exact) mass is 150 g/mol. The normalized spacial score (nSPS) is 15.9. The molecule has 0 aliphatic rings. The van der Waals surface area contributed by atoms with Crippen molar-refractivity contribution in [2.75, 3.05) is 0 Å². The van der Waals surface area contributed by atoms with Crippen LogP contribution in [0.4, 0.5) is 0 Å². The van der Waals surface area contributed by atoms with Crippen molar-refractivity contribution in [3.8, 4) is 0 Å². The first kappa shape index (κ1) is 9.84. The van der Waals surface area contributed by atoms with E-state index >= 15 is 0 Å². The summed E-state index contributed by atoms with van der Waals surface area (Å²) in [7, 11) is 0. The van der Waals surface area contributed by atoms with Gasteiger partial charge in [-0.15, -0.1) is 0 Å². The molecule has 62 valence electrons. The van der Waals surface area contributed by atoms with Gasteiger partial charge in [0.25, 0.3) is 0 Å². The fourth-order valence-corrected chi connectivity index (χ4v) is 0.561. The molecule has 0 saturated heterocycles. The SMILES string of the molecule is CCC(O)(O)C(C)C(O)O. The van der Waals surface area contributed by atoms with E-state index in [9.17, 15) is 0 Å². The van der Waals surface area contributed by atoms with Crippen LogP contribution in [0.3, 0.4) is 0 Å². The van der Waals surface area contributed by atoms with E-state index in [2.05, 4.69) is 0 Å². The fourth-order valence-electron chi connectivity index (χ4n) is 0.561. The molecule has 0 aromatic heterocycles. The van der Waals surface area contributed by atoms with E-state index in [1.54, 1.807) is 6.92 Å². The van der Waals surface area contributed by atoms with Crippen LogP contribution in [-0.2, 0) is 0 Å². The van der Waals surface area contributed by atoms with E-state index in [0.717, 1.165) is 0 Å². The first-order chi connectivity index (χ1) is 4.41. The third kappa shape index (κ3) is 2.22. The molecule has 4 heteroatoms. The van der Waals surface area contributed by atoms with Gasteiger partial charge in [0.1, 0.15) is 0 Å². The zero-order valence-corrected chi connectivity index (χ0v) is 6.15. The van der Waals surface area contributed by atoms with Gasteiger partial charge in [-0.3, -0.25) is 0 Å². The summed E-state index contributed by atoms with van der Waals surface area (Å²) in [4.78, 5) is 0. The van der Waals surface area contributed by atoms with E-state index in [4.69, 9.17) is 20.4 Å². The topological polar surface area (TPSA) is 80.9 Å². The first-order valence-corrected chi connectivity index (χ1v) is 3.22. The van der Waals surface area contributed by atoms with Gasteiger partial charge < -0.3 is 20.4 Å². The Balaban J connectivity index is 4.03. The quantitative estimate of drug-likeness (QED) is 0.390. The molecule has 1 unspecified atom stereocenters. The maximum absolute atomic E-state index is 9.00. The summed E-state index contributed by atoms with van der Waals surface area (Å²) < 4.78 is 0. The van der Waals surface area contributed by atoms with Gasteiger partial charge in [0, 0.05) is 0 Å². The molecule has 0 aromatic carbocycles. The molecule has 0 aromatic rings. The number of aliphatic hydroxyl groups is 4. The number of aliphatic hydroxyl groups excluding tert-OH is 1. The van der Waals surface area contributed by atoms with Gasteiger partial charge in [0.2, 0.25) is 0 Å². The molecule has 0 saturated carbocycles. The Morgan fingerprint density at radius 1 is 1.30 bits per heavy atom. The van der Waals surface area contributed by atoms with Crippen LogP contribution in [0.2, 0.25) is 0 Å². The highest BCUT2D eigenvalue weighted by Gasteiger charge is 2.33. The minimum absolute atomic E-state index is 0.0752. The second-order valence-electron chi connectivity index (χ2n) is 2.43. The zero-order chi connectivity index (χ0) is 8.36. The first-order valence-electron chi connectivity index (χ1n) is 3.22. The Bertz CT molecular complexity index is 99.9. The van der Waals surface area contributed by atoms with Crippen molar-refractivity contribution in [2.45, 2.75) is 32.3 Å². The summed E-state index contributed by atoms with van der Waals surface area (Å²) in [6.07, 6.45) is -1.61. The Morgan fingerprint density at radius 2 is 1.70 bits per heavy atom. The second-order valence-corrected chi connectivity index (χ2v) is 2.43. The lowest BCUT2D eigenvalue weighted by atomic mass is 9.98. The highest BCUT2D eigenvalue weighted by atomic mass is 16.5. The highest BCUT2D eigenvalue weighted by molar-refractivity contribution is 4.71. The molecule has 0 spiro atoms. The molecule has 0 bridgehead atoms. The number of hydrogen-bond acceptors (Lipinski definition) is 4. The zero-order valence-electron chi connectivity index (χ0n) is 6.15. The maximum atomic E-state index is 9.00. The molecule has 0 radical (unpaired) electrons. The van der Waals surface area contributed by atoms with Crippen molar-refractivity contribution in [1.29, 1.82) is 0 Å². The number of hydrogen-bond donors (Lipinski definition) is 4. The largest absolute Gasteiger partial charge is 0.368 e.